The number of ether oxygens (including phenoxy) is 1. The van der Waals surface area contributed by atoms with Gasteiger partial charge in [-0.3, -0.25) is 4.79 Å². The monoisotopic (exact) mass is 370 g/mol. The molecule has 0 bridgehead atoms. The van der Waals surface area contributed by atoms with Gasteiger partial charge in [0, 0.05) is 12.4 Å². The standard InChI is InChI=1S/C21H22FNO4/c22-18-8-4-3-7-17(18)21(26)23-19(13-20(24)25)14-9-11-16(12-10-14)27-15-5-1-2-6-15/h3-4,7-12,15,19H,1-2,5-6,13H2,(H,23,26)(H,24,25)/p-1/t19-/m1/s1. The Morgan fingerprint density at radius 3 is 2.41 bits per heavy atom. The van der Waals surface area contributed by atoms with E-state index in [4.69, 9.17) is 4.74 Å². The summed E-state index contributed by atoms with van der Waals surface area (Å²) in [6.07, 6.45) is 4.21. The van der Waals surface area contributed by atoms with Crippen LogP contribution in [0.15, 0.2) is 48.5 Å². The molecule has 1 fully saturated rings. The van der Waals surface area contributed by atoms with Crippen LogP contribution >= 0.6 is 0 Å². The average Bonchev–Trinajstić information content (AvgIpc) is 3.15. The number of carbonyl (C=O) groups is 2. The van der Waals surface area contributed by atoms with Gasteiger partial charge in [0.15, 0.2) is 0 Å². The normalized spacial score (nSPS) is 15.3. The van der Waals surface area contributed by atoms with Crippen molar-refractivity contribution < 1.29 is 23.8 Å². The Labute approximate surface area is 157 Å². The van der Waals surface area contributed by atoms with E-state index in [0.29, 0.717) is 11.3 Å². The Kier molecular flexibility index (Phi) is 6.06. The minimum Gasteiger partial charge on any atom is -0.550 e. The molecule has 1 saturated carbocycles. The topological polar surface area (TPSA) is 78.5 Å². The van der Waals surface area contributed by atoms with Crippen molar-refractivity contribution in [3.63, 3.8) is 0 Å². The Balaban J connectivity index is 1.72. The van der Waals surface area contributed by atoms with Crippen LogP contribution in [0.4, 0.5) is 4.39 Å². The van der Waals surface area contributed by atoms with E-state index < -0.39 is 30.2 Å². The number of hydrogen-bond acceptors (Lipinski definition) is 4. The van der Waals surface area contributed by atoms with E-state index in [0.717, 1.165) is 12.8 Å². The van der Waals surface area contributed by atoms with Crippen LogP contribution in [0.2, 0.25) is 0 Å². The molecule has 1 aliphatic rings. The summed E-state index contributed by atoms with van der Waals surface area (Å²) in [6, 6.07) is 11.6. The fourth-order valence-electron chi connectivity index (χ4n) is 3.28. The summed E-state index contributed by atoms with van der Waals surface area (Å²) in [4.78, 5) is 23.4. The Morgan fingerprint density at radius 1 is 1.11 bits per heavy atom. The maximum absolute atomic E-state index is 13.8. The van der Waals surface area contributed by atoms with Crippen molar-refractivity contribution in [2.24, 2.45) is 0 Å². The predicted octanol–water partition coefficient (Wildman–Crippen LogP) is 2.76. The highest BCUT2D eigenvalue weighted by molar-refractivity contribution is 5.94. The van der Waals surface area contributed by atoms with Gasteiger partial charge >= 0.3 is 0 Å². The maximum Gasteiger partial charge on any atom is 0.254 e. The SMILES string of the molecule is O=C([O-])C[C@@H](NC(=O)c1ccccc1F)c1ccc(OC2CCCC2)cc1. The smallest absolute Gasteiger partial charge is 0.254 e. The lowest BCUT2D eigenvalue weighted by atomic mass is 10.0. The molecule has 1 aliphatic carbocycles. The van der Waals surface area contributed by atoms with Gasteiger partial charge in [0.2, 0.25) is 0 Å². The third-order valence-corrected chi connectivity index (χ3v) is 4.68. The number of aliphatic carboxylic acids is 1. The molecule has 2 aromatic rings. The summed E-state index contributed by atoms with van der Waals surface area (Å²) in [7, 11) is 0. The van der Waals surface area contributed by atoms with Crippen LogP contribution in [0.25, 0.3) is 0 Å². The lowest BCUT2D eigenvalue weighted by Gasteiger charge is -2.21. The van der Waals surface area contributed by atoms with Crippen LogP contribution in [0.1, 0.15) is 54.1 Å². The first-order chi connectivity index (χ1) is 13.0. The van der Waals surface area contributed by atoms with Gasteiger partial charge < -0.3 is 20.0 Å². The number of hydrogen-bond donors (Lipinski definition) is 1. The molecule has 142 valence electrons. The van der Waals surface area contributed by atoms with Gasteiger partial charge in [-0.05, 0) is 55.5 Å². The molecule has 5 nitrogen and oxygen atoms in total. The quantitative estimate of drug-likeness (QED) is 0.813. The summed E-state index contributed by atoms with van der Waals surface area (Å²) in [6.45, 7) is 0. The Bertz CT molecular complexity index is 800. The fourth-order valence-corrected chi connectivity index (χ4v) is 3.28. The van der Waals surface area contributed by atoms with E-state index in [-0.39, 0.29) is 11.7 Å². The lowest BCUT2D eigenvalue weighted by molar-refractivity contribution is -0.306. The van der Waals surface area contributed by atoms with Gasteiger partial charge in [-0.1, -0.05) is 24.3 Å². The van der Waals surface area contributed by atoms with E-state index >= 15 is 0 Å². The van der Waals surface area contributed by atoms with Gasteiger partial charge in [-0.15, -0.1) is 0 Å². The number of carbonyl (C=O) groups excluding carboxylic acids is 2. The van der Waals surface area contributed by atoms with Crippen molar-refractivity contribution >= 4 is 11.9 Å². The molecule has 6 heteroatoms. The fraction of sp³-hybridized carbons (Fsp3) is 0.333. The van der Waals surface area contributed by atoms with Crippen molar-refractivity contribution in [3.8, 4) is 5.75 Å². The summed E-state index contributed by atoms with van der Waals surface area (Å²) in [5, 5.41) is 13.7. The number of carboxylic acids is 1. The minimum absolute atomic E-state index is 0.137. The zero-order chi connectivity index (χ0) is 19.2. The second-order valence-electron chi connectivity index (χ2n) is 6.68. The lowest BCUT2D eigenvalue weighted by Crippen LogP contribution is -2.34. The highest BCUT2D eigenvalue weighted by Gasteiger charge is 2.20. The van der Waals surface area contributed by atoms with Crippen LogP contribution in [-0.2, 0) is 4.79 Å². The first-order valence-corrected chi connectivity index (χ1v) is 9.05. The number of nitrogens with one attached hydrogen (secondary N) is 1. The molecule has 27 heavy (non-hydrogen) atoms. The highest BCUT2D eigenvalue weighted by atomic mass is 19.1. The van der Waals surface area contributed by atoms with E-state index in [2.05, 4.69) is 5.32 Å². The Morgan fingerprint density at radius 2 is 1.78 bits per heavy atom. The third-order valence-electron chi connectivity index (χ3n) is 4.68. The number of halogens is 1. The first kappa shape index (κ1) is 18.9. The van der Waals surface area contributed by atoms with E-state index in [9.17, 15) is 19.1 Å². The summed E-state index contributed by atoms with van der Waals surface area (Å²) in [5.74, 6) is -1.94. The summed E-state index contributed by atoms with van der Waals surface area (Å²) < 4.78 is 19.7. The van der Waals surface area contributed by atoms with Crippen LogP contribution in [-0.4, -0.2) is 18.0 Å². The highest BCUT2D eigenvalue weighted by Crippen LogP contribution is 2.26. The van der Waals surface area contributed by atoms with Crippen LogP contribution in [0.5, 0.6) is 5.75 Å². The number of benzene rings is 2. The van der Waals surface area contributed by atoms with Crippen molar-refractivity contribution in [1.82, 2.24) is 5.32 Å². The van der Waals surface area contributed by atoms with Gasteiger partial charge in [0.05, 0.1) is 17.7 Å². The van der Waals surface area contributed by atoms with Gasteiger partial charge in [0.25, 0.3) is 5.91 Å². The van der Waals surface area contributed by atoms with Crippen LogP contribution < -0.4 is 15.2 Å². The first-order valence-electron chi connectivity index (χ1n) is 9.05. The zero-order valence-corrected chi connectivity index (χ0v) is 14.8. The summed E-state index contributed by atoms with van der Waals surface area (Å²) >= 11 is 0. The van der Waals surface area contributed by atoms with E-state index in [1.54, 1.807) is 30.3 Å². The average molecular weight is 370 g/mol. The van der Waals surface area contributed by atoms with Gasteiger partial charge in [-0.2, -0.15) is 0 Å². The molecule has 0 heterocycles. The molecular weight excluding hydrogens is 349 g/mol. The van der Waals surface area contributed by atoms with Crippen molar-refractivity contribution in [2.75, 3.05) is 0 Å². The second-order valence-corrected chi connectivity index (χ2v) is 6.68. The molecule has 0 aliphatic heterocycles. The van der Waals surface area contributed by atoms with Crippen LogP contribution in [0.3, 0.4) is 0 Å². The molecule has 0 aromatic heterocycles. The Hall–Kier alpha value is -2.89. The molecule has 1 atom stereocenters. The molecule has 0 saturated heterocycles. The molecule has 0 unspecified atom stereocenters. The number of carboxylic acid groups (broad SMARTS) is 1. The molecular formula is C21H21FNO4-. The summed E-state index contributed by atoms with van der Waals surface area (Å²) in [5.41, 5.74) is 0.449. The van der Waals surface area contributed by atoms with Crippen molar-refractivity contribution in [3.05, 3.63) is 65.5 Å². The molecule has 1 amide bonds. The molecule has 0 radical (unpaired) electrons. The third kappa shape index (κ3) is 5.06. The molecule has 3 rings (SSSR count). The largest absolute Gasteiger partial charge is 0.550 e. The van der Waals surface area contributed by atoms with Gasteiger partial charge in [-0.25, -0.2) is 4.39 Å². The van der Waals surface area contributed by atoms with E-state index in [1.165, 1.54) is 31.0 Å². The number of rotatable bonds is 7. The number of amides is 1. The van der Waals surface area contributed by atoms with Crippen molar-refractivity contribution in [1.29, 1.82) is 0 Å². The van der Waals surface area contributed by atoms with E-state index in [1.807, 2.05) is 0 Å². The van der Waals surface area contributed by atoms with Gasteiger partial charge in [0.1, 0.15) is 11.6 Å². The minimum atomic E-state index is -1.31. The van der Waals surface area contributed by atoms with Crippen molar-refractivity contribution in [2.45, 2.75) is 44.2 Å². The molecule has 1 N–H and O–H groups in total. The predicted molar refractivity (Wildman–Crippen MR) is 95.6 cm³/mol. The maximum atomic E-state index is 13.8. The molecule has 2 aromatic carbocycles. The second kappa shape index (κ2) is 8.66. The van der Waals surface area contributed by atoms with Crippen LogP contribution in [0, 0.1) is 5.82 Å². The zero-order valence-electron chi connectivity index (χ0n) is 14.8. The molecule has 0 spiro atoms.